The molecule has 0 aliphatic carbocycles. The molecule has 0 spiro atoms. The molecule has 0 unspecified atom stereocenters. The van der Waals surface area contributed by atoms with Crippen LogP contribution in [0.5, 0.6) is 0 Å². The van der Waals surface area contributed by atoms with Gasteiger partial charge in [0.25, 0.3) is 0 Å². The van der Waals surface area contributed by atoms with Crippen LogP contribution >= 0.6 is 0 Å². The summed E-state index contributed by atoms with van der Waals surface area (Å²) in [5.74, 6) is -3.79. The van der Waals surface area contributed by atoms with Gasteiger partial charge in [-0.2, -0.15) is 15.8 Å². The molecule has 0 amide bonds. The first-order valence-electron chi connectivity index (χ1n) is 4.29. The predicted molar refractivity (Wildman–Crippen MR) is 50.3 cm³/mol. The molecule has 17 heavy (non-hydrogen) atoms. The maximum absolute atomic E-state index is 13.5. The Kier molecular flexibility index (Phi) is 3.49. The molecule has 1 aromatic carbocycles. The highest BCUT2D eigenvalue weighted by molar-refractivity contribution is 5.98. The standard InChI is InChI=1S/C11H3F2N3O/c12-10-6(4-15)3-7(5-16)11(13)9(10)8(17)1-2-14/h3H,1H2. The fraction of sp³-hybridized carbons (Fsp3) is 0.0909. The maximum atomic E-state index is 13.5. The van der Waals surface area contributed by atoms with E-state index in [9.17, 15) is 13.6 Å². The molecule has 0 saturated heterocycles. The fourth-order valence-corrected chi connectivity index (χ4v) is 1.20. The van der Waals surface area contributed by atoms with Crippen LogP contribution in [0.25, 0.3) is 0 Å². The number of Topliss-reactive ketones (excluding diaryl/α,β-unsaturated/α-hetero) is 1. The number of carbonyl (C=O) groups excluding carboxylic acids is 1. The second-order valence-corrected chi connectivity index (χ2v) is 2.96. The molecule has 0 saturated carbocycles. The second-order valence-electron chi connectivity index (χ2n) is 2.96. The summed E-state index contributed by atoms with van der Waals surface area (Å²) in [5, 5.41) is 25.4. The molecule has 82 valence electrons. The smallest absolute Gasteiger partial charge is 0.182 e. The minimum absolute atomic E-state index is 0.607. The van der Waals surface area contributed by atoms with Gasteiger partial charge >= 0.3 is 0 Å². The summed E-state index contributed by atoms with van der Waals surface area (Å²) >= 11 is 0. The monoisotopic (exact) mass is 231 g/mol. The van der Waals surface area contributed by atoms with Gasteiger partial charge in [0.05, 0.1) is 29.2 Å². The van der Waals surface area contributed by atoms with E-state index in [1.54, 1.807) is 0 Å². The van der Waals surface area contributed by atoms with Crippen molar-refractivity contribution in [2.75, 3.05) is 0 Å². The van der Waals surface area contributed by atoms with Crippen LogP contribution in [0, 0.1) is 45.6 Å². The Balaban J connectivity index is 3.60. The lowest BCUT2D eigenvalue weighted by Gasteiger charge is -2.04. The lowest BCUT2D eigenvalue weighted by atomic mass is 10.0. The summed E-state index contributed by atoms with van der Waals surface area (Å²) in [5.41, 5.74) is -2.23. The zero-order chi connectivity index (χ0) is 13.0. The average molecular weight is 231 g/mol. The molecule has 0 aliphatic heterocycles. The SMILES string of the molecule is N#CCC(=O)c1c(F)c(C#N)cc(C#N)c1F. The van der Waals surface area contributed by atoms with Gasteiger partial charge in [-0.3, -0.25) is 4.79 Å². The number of benzene rings is 1. The Morgan fingerprint density at radius 2 is 1.59 bits per heavy atom. The molecule has 4 nitrogen and oxygen atoms in total. The van der Waals surface area contributed by atoms with Gasteiger partial charge in [-0.1, -0.05) is 0 Å². The summed E-state index contributed by atoms with van der Waals surface area (Å²) in [7, 11) is 0. The third kappa shape index (κ3) is 2.09. The number of halogens is 2. The number of nitrogens with zero attached hydrogens (tertiary/aromatic N) is 3. The van der Waals surface area contributed by atoms with Crippen LogP contribution in [0.1, 0.15) is 27.9 Å². The lowest BCUT2D eigenvalue weighted by Crippen LogP contribution is -2.09. The number of rotatable bonds is 2. The van der Waals surface area contributed by atoms with Crippen LogP contribution in [0.15, 0.2) is 6.07 Å². The molecule has 0 radical (unpaired) electrons. The van der Waals surface area contributed by atoms with Crippen LogP contribution in [-0.2, 0) is 0 Å². The molecular weight excluding hydrogens is 228 g/mol. The molecule has 0 aliphatic rings. The Labute approximate surface area is 94.9 Å². The Morgan fingerprint density at radius 3 is 1.94 bits per heavy atom. The number of hydrogen-bond donors (Lipinski definition) is 0. The van der Waals surface area contributed by atoms with Crippen LogP contribution in [0.2, 0.25) is 0 Å². The zero-order valence-corrected chi connectivity index (χ0v) is 8.29. The summed E-state index contributed by atoms with van der Waals surface area (Å²) in [6.07, 6.45) is -0.729. The van der Waals surface area contributed by atoms with Crippen molar-refractivity contribution in [3.63, 3.8) is 0 Å². The fourth-order valence-electron chi connectivity index (χ4n) is 1.20. The van der Waals surface area contributed by atoms with Gasteiger partial charge in [-0.05, 0) is 6.07 Å². The minimum atomic E-state index is -1.34. The molecule has 0 N–H and O–H groups in total. The highest BCUT2D eigenvalue weighted by Gasteiger charge is 2.23. The van der Waals surface area contributed by atoms with Crippen LogP contribution in [-0.4, -0.2) is 5.78 Å². The van der Waals surface area contributed by atoms with E-state index in [1.165, 1.54) is 18.2 Å². The van der Waals surface area contributed by atoms with E-state index in [2.05, 4.69) is 0 Å². The van der Waals surface area contributed by atoms with Crippen molar-refractivity contribution in [3.05, 3.63) is 34.4 Å². The number of hydrogen-bond acceptors (Lipinski definition) is 4. The average Bonchev–Trinajstić information content (AvgIpc) is 2.30. The van der Waals surface area contributed by atoms with E-state index < -0.39 is 40.5 Å². The highest BCUT2D eigenvalue weighted by Crippen LogP contribution is 2.21. The first kappa shape index (κ1) is 12.3. The van der Waals surface area contributed by atoms with Crippen molar-refractivity contribution in [1.82, 2.24) is 0 Å². The van der Waals surface area contributed by atoms with Crippen molar-refractivity contribution in [1.29, 1.82) is 15.8 Å². The van der Waals surface area contributed by atoms with Crippen molar-refractivity contribution in [2.45, 2.75) is 6.42 Å². The molecule has 1 rings (SSSR count). The minimum Gasteiger partial charge on any atom is -0.293 e. The lowest BCUT2D eigenvalue weighted by molar-refractivity contribution is 0.0989. The normalized spacial score (nSPS) is 8.88. The van der Waals surface area contributed by atoms with Crippen molar-refractivity contribution >= 4 is 5.78 Å². The number of carbonyl (C=O) groups is 1. The summed E-state index contributed by atoms with van der Waals surface area (Å²) < 4.78 is 27.0. The molecule has 0 atom stereocenters. The van der Waals surface area contributed by atoms with Crippen molar-refractivity contribution in [3.8, 4) is 18.2 Å². The van der Waals surface area contributed by atoms with Gasteiger partial charge in [0.2, 0.25) is 0 Å². The van der Waals surface area contributed by atoms with Crippen LogP contribution < -0.4 is 0 Å². The van der Waals surface area contributed by atoms with Gasteiger partial charge in [0, 0.05) is 0 Å². The molecule has 6 heteroatoms. The molecule has 0 fully saturated rings. The number of nitriles is 3. The third-order valence-corrected chi connectivity index (χ3v) is 1.96. The second kappa shape index (κ2) is 4.83. The topological polar surface area (TPSA) is 88.4 Å². The van der Waals surface area contributed by atoms with Gasteiger partial charge < -0.3 is 0 Å². The van der Waals surface area contributed by atoms with E-state index in [-0.39, 0.29) is 0 Å². The first-order valence-corrected chi connectivity index (χ1v) is 4.29. The maximum Gasteiger partial charge on any atom is 0.182 e. The van der Waals surface area contributed by atoms with Crippen LogP contribution in [0.3, 0.4) is 0 Å². The van der Waals surface area contributed by atoms with Crippen LogP contribution in [0.4, 0.5) is 8.78 Å². The molecule has 0 aromatic heterocycles. The molecular formula is C11H3F2N3O. The van der Waals surface area contributed by atoms with Crippen molar-refractivity contribution in [2.24, 2.45) is 0 Å². The third-order valence-electron chi connectivity index (χ3n) is 1.96. The molecule has 0 heterocycles. The summed E-state index contributed by atoms with van der Waals surface area (Å²) in [6.45, 7) is 0. The largest absolute Gasteiger partial charge is 0.293 e. The van der Waals surface area contributed by atoms with Gasteiger partial charge in [-0.15, -0.1) is 0 Å². The predicted octanol–water partition coefficient (Wildman–Crippen LogP) is 1.80. The molecule has 0 bridgehead atoms. The quantitative estimate of drug-likeness (QED) is 0.726. The van der Waals surface area contributed by atoms with E-state index in [1.807, 2.05) is 0 Å². The summed E-state index contributed by atoms with van der Waals surface area (Å²) in [4.78, 5) is 11.3. The Bertz CT molecular complexity index is 579. The van der Waals surface area contributed by atoms with E-state index >= 15 is 0 Å². The van der Waals surface area contributed by atoms with Gasteiger partial charge in [0.1, 0.15) is 12.1 Å². The summed E-state index contributed by atoms with van der Waals surface area (Å²) in [6, 6.07) is 4.98. The Morgan fingerprint density at radius 1 is 1.12 bits per heavy atom. The Hall–Kier alpha value is -2.78. The highest BCUT2D eigenvalue weighted by atomic mass is 19.1. The first-order chi connectivity index (χ1) is 8.06. The zero-order valence-electron chi connectivity index (χ0n) is 8.29. The van der Waals surface area contributed by atoms with E-state index in [0.717, 1.165) is 0 Å². The molecule has 1 aromatic rings. The van der Waals surface area contributed by atoms with Crippen molar-refractivity contribution < 1.29 is 13.6 Å². The number of ketones is 1. The van der Waals surface area contributed by atoms with E-state index in [0.29, 0.717) is 6.07 Å². The van der Waals surface area contributed by atoms with Gasteiger partial charge in [0.15, 0.2) is 17.4 Å². The van der Waals surface area contributed by atoms with E-state index in [4.69, 9.17) is 15.8 Å². The van der Waals surface area contributed by atoms with Gasteiger partial charge in [-0.25, -0.2) is 8.78 Å².